The Hall–Kier alpha value is -3.02. The molecule has 0 radical (unpaired) electrons. The molecule has 30 heavy (non-hydrogen) atoms. The summed E-state index contributed by atoms with van der Waals surface area (Å²) in [6.07, 6.45) is 0. The highest BCUT2D eigenvalue weighted by Gasteiger charge is 2.26. The van der Waals surface area contributed by atoms with Crippen molar-refractivity contribution >= 4 is 5.97 Å². The lowest BCUT2D eigenvalue weighted by Gasteiger charge is -2.39. The predicted octanol–water partition coefficient (Wildman–Crippen LogP) is 3.78. The first kappa shape index (κ1) is 20.3. The molecule has 1 aromatic heterocycles. The number of benzene rings is 2. The van der Waals surface area contributed by atoms with Crippen LogP contribution in [0.5, 0.6) is 0 Å². The van der Waals surface area contributed by atoms with Crippen LogP contribution < -0.4 is 0 Å². The van der Waals surface area contributed by atoms with Crippen molar-refractivity contribution in [3.63, 3.8) is 0 Å². The molecule has 0 amide bonds. The van der Waals surface area contributed by atoms with Gasteiger partial charge in [0.05, 0.1) is 18.8 Å². The van der Waals surface area contributed by atoms with Gasteiger partial charge in [-0.05, 0) is 23.3 Å². The van der Waals surface area contributed by atoms with Gasteiger partial charge in [0.25, 0.3) is 0 Å². The Bertz CT molecular complexity index is 915. The van der Waals surface area contributed by atoms with E-state index < -0.39 is 5.97 Å². The van der Waals surface area contributed by atoms with Gasteiger partial charge in [0.1, 0.15) is 5.69 Å². The summed E-state index contributed by atoms with van der Waals surface area (Å²) >= 11 is 0. The fraction of sp³-hybridized carbons (Fsp3) is 0.280. The van der Waals surface area contributed by atoms with Crippen LogP contribution in [0.15, 0.2) is 78.9 Å². The van der Waals surface area contributed by atoms with Gasteiger partial charge in [0, 0.05) is 32.7 Å². The van der Waals surface area contributed by atoms with Crippen LogP contribution >= 0.6 is 0 Å². The number of hydrogen-bond acceptors (Lipinski definition) is 5. The molecule has 1 aliphatic heterocycles. The smallest absolute Gasteiger partial charge is 0.356 e. The Morgan fingerprint density at radius 2 is 1.47 bits per heavy atom. The van der Waals surface area contributed by atoms with Gasteiger partial charge in [0.15, 0.2) is 0 Å². The molecule has 1 fully saturated rings. The number of carbonyl (C=O) groups excluding carboxylic acids is 1. The van der Waals surface area contributed by atoms with E-state index >= 15 is 0 Å². The van der Waals surface area contributed by atoms with E-state index in [1.54, 1.807) is 6.07 Å². The van der Waals surface area contributed by atoms with Gasteiger partial charge in [-0.3, -0.25) is 9.80 Å². The number of carbonyl (C=O) groups is 1. The van der Waals surface area contributed by atoms with E-state index in [1.807, 2.05) is 12.1 Å². The van der Waals surface area contributed by atoms with Crippen LogP contribution in [0, 0.1) is 0 Å². The number of methoxy groups -OCH3 is 1. The molecule has 5 nitrogen and oxygen atoms in total. The Morgan fingerprint density at radius 3 is 2.03 bits per heavy atom. The molecule has 1 aliphatic rings. The quantitative estimate of drug-likeness (QED) is 0.589. The second-order valence-electron chi connectivity index (χ2n) is 7.54. The van der Waals surface area contributed by atoms with Crippen molar-refractivity contribution in [2.75, 3.05) is 33.3 Å². The standard InChI is InChI=1S/C25H27N3O2/c1-30-25(29)23-14-8-13-22(26-23)19-27-15-17-28(18-16-27)24(20-9-4-2-5-10-20)21-11-6-3-7-12-21/h2-14,24H,15-19H2,1H3. The van der Waals surface area contributed by atoms with Crippen LogP contribution in [0.25, 0.3) is 0 Å². The van der Waals surface area contributed by atoms with Gasteiger partial charge in [0.2, 0.25) is 0 Å². The summed E-state index contributed by atoms with van der Waals surface area (Å²) in [5.74, 6) is -0.393. The third-order valence-corrected chi connectivity index (χ3v) is 5.59. The van der Waals surface area contributed by atoms with Gasteiger partial charge in [-0.2, -0.15) is 0 Å². The van der Waals surface area contributed by atoms with E-state index in [2.05, 4.69) is 75.4 Å². The van der Waals surface area contributed by atoms with Crippen LogP contribution in [-0.4, -0.2) is 54.0 Å². The molecular formula is C25H27N3O2. The third kappa shape index (κ3) is 4.75. The number of nitrogens with zero attached hydrogens (tertiary/aromatic N) is 3. The van der Waals surface area contributed by atoms with Gasteiger partial charge >= 0.3 is 5.97 Å². The van der Waals surface area contributed by atoms with E-state index in [9.17, 15) is 4.79 Å². The minimum atomic E-state index is -0.393. The number of ether oxygens (including phenoxy) is 1. The van der Waals surface area contributed by atoms with Crippen molar-refractivity contribution in [2.24, 2.45) is 0 Å². The topological polar surface area (TPSA) is 45.7 Å². The molecule has 2 aromatic carbocycles. The first-order valence-electron chi connectivity index (χ1n) is 10.3. The van der Waals surface area contributed by atoms with Crippen LogP contribution in [0.1, 0.15) is 33.4 Å². The molecule has 0 unspecified atom stereocenters. The number of piperazine rings is 1. The third-order valence-electron chi connectivity index (χ3n) is 5.59. The summed E-state index contributed by atoms with van der Waals surface area (Å²) in [6.45, 7) is 4.61. The highest BCUT2D eigenvalue weighted by atomic mass is 16.5. The van der Waals surface area contributed by atoms with Crippen LogP contribution in [0.2, 0.25) is 0 Å². The second-order valence-corrected chi connectivity index (χ2v) is 7.54. The molecule has 0 spiro atoms. The van der Waals surface area contributed by atoms with Crippen LogP contribution in [-0.2, 0) is 11.3 Å². The molecule has 5 heteroatoms. The van der Waals surface area contributed by atoms with E-state index in [0.29, 0.717) is 5.69 Å². The lowest BCUT2D eigenvalue weighted by molar-refractivity contribution is 0.0593. The van der Waals surface area contributed by atoms with Gasteiger partial charge in [-0.15, -0.1) is 0 Å². The molecule has 0 atom stereocenters. The zero-order chi connectivity index (χ0) is 20.8. The first-order chi connectivity index (χ1) is 14.7. The van der Waals surface area contributed by atoms with Gasteiger partial charge < -0.3 is 4.74 Å². The van der Waals surface area contributed by atoms with Crippen molar-refractivity contribution in [1.29, 1.82) is 0 Å². The fourth-order valence-corrected chi connectivity index (χ4v) is 4.08. The Morgan fingerprint density at radius 1 is 0.867 bits per heavy atom. The monoisotopic (exact) mass is 401 g/mol. The number of pyridine rings is 1. The maximum absolute atomic E-state index is 11.7. The molecule has 1 saturated heterocycles. The normalized spacial score (nSPS) is 15.3. The minimum Gasteiger partial charge on any atom is -0.464 e. The minimum absolute atomic E-state index is 0.260. The van der Waals surface area contributed by atoms with Gasteiger partial charge in [-0.25, -0.2) is 9.78 Å². The Kier molecular flexibility index (Phi) is 6.52. The number of esters is 1. The molecule has 154 valence electrons. The summed E-state index contributed by atoms with van der Waals surface area (Å²) in [7, 11) is 1.38. The Labute approximate surface area is 177 Å². The summed E-state index contributed by atoms with van der Waals surface area (Å²) in [4.78, 5) is 21.1. The van der Waals surface area contributed by atoms with E-state index in [-0.39, 0.29) is 6.04 Å². The van der Waals surface area contributed by atoms with E-state index in [4.69, 9.17) is 4.74 Å². The second kappa shape index (κ2) is 9.65. The maximum atomic E-state index is 11.7. The summed E-state index contributed by atoms with van der Waals surface area (Å²) in [6, 6.07) is 27.2. The molecular weight excluding hydrogens is 374 g/mol. The lowest BCUT2D eigenvalue weighted by atomic mass is 9.96. The predicted molar refractivity (Wildman–Crippen MR) is 117 cm³/mol. The van der Waals surface area contributed by atoms with E-state index in [1.165, 1.54) is 18.2 Å². The average Bonchev–Trinajstić information content (AvgIpc) is 2.81. The van der Waals surface area contributed by atoms with Crippen molar-refractivity contribution in [3.05, 3.63) is 101 Å². The summed E-state index contributed by atoms with van der Waals surface area (Å²) in [5.41, 5.74) is 3.91. The maximum Gasteiger partial charge on any atom is 0.356 e. The van der Waals surface area contributed by atoms with Crippen LogP contribution in [0.4, 0.5) is 0 Å². The van der Waals surface area contributed by atoms with Crippen molar-refractivity contribution < 1.29 is 9.53 Å². The van der Waals surface area contributed by atoms with E-state index in [0.717, 1.165) is 38.4 Å². The molecule has 2 heterocycles. The number of rotatable bonds is 6. The van der Waals surface area contributed by atoms with Gasteiger partial charge in [-0.1, -0.05) is 66.7 Å². The lowest BCUT2D eigenvalue weighted by Crippen LogP contribution is -2.47. The molecule has 0 bridgehead atoms. The summed E-state index contributed by atoms with van der Waals surface area (Å²) < 4.78 is 4.78. The molecule has 0 N–H and O–H groups in total. The van der Waals surface area contributed by atoms with Crippen molar-refractivity contribution in [3.8, 4) is 0 Å². The summed E-state index contributed by atoms with van der Waals surface area (Å²) in [5, 5.41) is 0. The Balaban J connectivity index is 1.44. The highest BCUT2D eigenvalue weighted by Crippen LogP contribution is 2.29. The number of hydrogen-bond donors (Lipinski definition) is 0. The molecule has 0 saturated carbocycles. The molecule has 3 aromatic rings. The zero-order valence-electron chi connectivity index (χ0n) is 17.3. The largest absolute Gasteiger partial charge is 0.464 e. The molecule has 0 aliphatic carbocycles. The average molecular weight is 402 g/mol. The SMILES string of the molecule is COC(=O)c1cccc(CN2CCN(C(c3ccccc3)c3ccccc3)CC2)n1. The van der Waals surface area contributed by atoms with Crippen molar-refractivity contribution in [2.45, 2.75) is 12.6 Å². The van der Waals surface area contributed by atoms with Crippen LogP contribution in [0.3, 0.4) is 0 Å². The first-order valence-corrected chi connectivity index (χ1v) is 10.3. The fourth-order valence-electron chi connectivity index (χ4n) is 4.08. The highest BCUT2D eigenvalue weighted by molar-refractivity contribution is 5.87. The van der Waals surface area contributed by atoms with Crippen molar-refractivity contribution in [1.82, 2.24) is 14.8 Å². The number of aromatic nitrogens is 1. The zero-order valence-corrected chi connectivity index (χ0v) is 17.3. The molecule has 4 rings (SSSR count).